The largest absolute Gasteiger partial charge is 0.497 e. The van der Waals surface area contributed by atoms with Crippen LogP contribution in [0.4, 0.5) is 10.5 Å². The molecule has 0 bridgehead atoms. The smallest absolute Gasteiger partial charge is 0.321 e. The van der Waals surface area contributed by atoms with Crippen molar-refractivity contribution in [2.75, 3.05) is 25.1 Å². The molecule has 0 saturated carbocycles. The third kappa shape index (κ3) is 2.32. The summed E-state index contributed by atoms with van der Waals surface area (Å²) in [5, 5.41) is 2.81. The zero-order chi connectivity index (χ0) is 13.9. The molecule has 0 atom stereocenters. The van der Waals surface area contributed by atoms with Gasteiger partial charge in [-0.3, -0.25) is 4.90 Å². The lowest BCUT2D eigenvalue weighted by molar-refractivity contribution is 0.252. The highest BCUT2D eigenvalue weighted by Crippen LogP contribution is 2.27. The number of rotatable bonds is 3. The Hall–Kier alpha value is -2.49. The molecule has 102 valence electrons. The Kier molecular flexibility index (Phi) is 3.29. The number of hydrogen-bond donors (Lipinski definition) is 1. The highest BCUT2D eigenvalue weighted by molar-refractivity contribution is 5.94. The number of anilines is 1. The lowest BCUT2D eigenvalue weighted by atomic mass is 10.0. The van der Waals surface area contributed by atoms with E-state index in [1.807, 2.05) is 48.5 Å². The first-order valence-corrected chi connectivity index (χ1v) is 6.58. The van der Waals surface area contributed by atoms with Crippen LogP contribution in [0, 0.1) is 0 Å². The summed E-state index contributed by atoms with van der Waals surface area (Å²) in [5.41, 5.74) is 3.06. The van der Waals surface area contributed by atoms with Crippen molar-refractivity contribution in [2.45, 2.75) is 0 Å². The summed E-state index contributed by atoms with van der Waals surface area (Å²) in [5.74, 6) is 0.826. The molecule has 1 fully saturated rings. The van der Waals surface area contributed by atoms with E-state index < -0.39 is 0 Å². The molecular formula is C16H16N2O2. The van der Waals surface area contributed by atoms with E-state index in [1.165, 1.54) is 0 Å². The molecule has 0 radical (unpaired) electrons. The fraction of sp³-hybridized carbons (Fsp3) is 0.188. The molecule has 0 aliphatic carbocycles. The number of hydrogen-bond acceptors (Lipinski definition) is 2. The Labute approximate surface area is 118 Å². The molecular weight excluding hydrogens is 252 g/mol. The number of carbonyl (C=O) groups excluding carboxylic acids is 1. The van der Waals surface area contributed by atoms with Crippen LogP contribution in [0.5, 0.6) is 5.75 Å². The van der Waals surface area contributed by atoms with Gasteiger partial charge in [0.25, 0.3) is 0 Å². The van der Waals surface area contributed by atoms with Gasteiger partial charge in [-0.15, -0.1) is 0 Å². The van der Waals surface area contributed by atoms with E-state index in [0.717, 1.165) is 22.6 Å². The Balaban J connectivity index is 1.96. The van der Waals surface area contributed by atoms with E-state index in [1.54, 1.807) is 12.0 Å². The van der Waals surface area contributed by atoms with Crippen LogP contribution < -0.4 is 15.0 Å². The molecule has 0 spiro atoms. The van der Waals surface area contributed by atoms with Gasteiger partial charge in [-0.2, -0.15) is 0 Å². The molecule has 2 amide bonds. The molecule has 4 nitrogen and oxygen atoms in total. The van der Waals surface area contributed by atoms with Gasteiger partial charge in [0.15, 0.2) is 0 Å². The molecule has 3 rings (SSSR count). The van der Waals surface area contributed by atoms with Crippen molar-refractivity contribution in [3.05, 3.63) is 48.5 Å². The van der Waals surface area contributed by atoms with E-state index in [2.05, 4.69) is 5.32 Å². The number of methoxy groups -OCH3 is 1. The first-order valence-electron chi connectivity index (χ1n) is 6.58. The van der Waals surface area contributed by atoms with Crippen molar-refractivity contribution in [1.82, 2.24) is 5.32 Å². The lowest BCUT2D eigenvalue weighted by Crippen LogP contribution is -2.27. The van der Waals surface area contributed by atoms with Crippen molar-refractivity contribution in [3.8, 4) is 16.9 Å². The average Bonchev–Trinajstić information content (AvgIpc) is 2.94. The van der Waals surface area contributed by atoms with Gasteiger partial charge in [-0.1, -0.05) is 24.3 Å². The maximum Gasteiger partial charge on any atom is 0.321 e. The van der Waals surface area contributed by atoms with E-state index >= 15 is 0 Å². The first kappa shape index (κ1) is 12.5. The monoisotopic (exact) mass is 268 g/mol. The van der Waals surface area contributed by atoms with Crippen LogP contribution in [-0.4, -0.2) is 26.2 Å². The zero-order valence-corrected chi connectivity index (χ0v) is 11.3. The summed E-state index contributed by atoms with van der Waals surface area (Å²) in [6.07, 6.45) is 0. The van der Waals surface area contributed by atoms with E-state index in [4.69, 9.17) is 4.74 Å². The van der Waals surface area contributed by atoms with Crippen LogP contribution in [-0.2, 0) is 0 Å². The Morgan fingerprint density at radius 2 is 1.85 bits per heavy atom. The van der Waals surface area contributed by atoms with Gasteiger partial charge in [0.1, 0.15) is 5.75 Å². The van der Waals surface area contributed by atoms with E-state index in [9.17, 15) is 4.79 Å². The summed E-state index contributed by atoms with van der Waals surface area (Å²) in [4.78, 5) is 13.5. The SMILES string of the molecule is COc1cccc(-c2cccc(N3CCNC3=O)c2)c1. The van der Waals surface area contributed by atoms with Gasteiger partial charge in [0.2, 0.25) is 0 Å². The fourth-order valence-electron chi connectivity index (χ4n) is 2.37. The number of ether oxygens (including phenoxy) is 1. The van der Waals surface area contributed by atoms with Gasteiger partial charge >= 0.3 is 6.03 Å². The molecule has 2 aromatic carbocycles. The second kappa shape index (κ2) is 5.25. The van der Waals surface area contributed by atoms with Crippen LogP contribution in [0.2, 0.25) is 0 Å². The predicted molar refractivity (Wildman–Crippen MR) is 79.2 cm³/mol. The number of benzene rings is 2. The maximum absolute atomic E-state index is 11.7. The van der Waals surface area contributed by atoms with E-state index in [0.29, 0.717) is 13.1 Å². The Morgan fingerprint density at radius 3 is 2.55 bits per heavy atom. The second-order valence-corrected chi connectivity index (χ2v) is 4.67. The normalized spacial score (nSPS) is 14.2. The number of nitrogens with zero attached hydrogens (tertiary/aromatic N) is 1. The molecule has 0 aromatic heterocycles. The fourth-order valence-corrected chi connectivity index (χ4v) is 2.37. The van der Waals surface area contributed by atoms with Gasteiger partial charge in [0, 0.05) is 18.8 Å². The summed E-state index contributed by atoms with van der Waals surface area (Å²) < 4.78 is 5.25. The van der Waals surface area contributed by atoms with E-state index in [-0.39, 0.29) is 6.03 Å². The number of nitrogens with one attached hydrogen (secondary N) is 1. The molecule has 1 aliphatic rings. The summed E-state index contributed by atoms with van der Waals surface area (Å²) in [6.45, 7) is 1.41. The molecule has 1 N–H and O–H groups in total. The summed E-state index contributed by atoms with van der Waals surface area (Å²) in [6, 6.07) is 15.9. The Bertz CT molecular complexity index is 640. The standard InChI is InChI=1S/C16H16N2O2/c1-20-15-7-3-5-13(11-15)12-4-2-6-14(10-12)18-9-8-17-16(18)19/h2-7,10-11H,8-9H2,1H3,(H,17,19). The predicted octanol–water partition coefficient (Wildman–Crippen LogP) is 2.89. The van der Waals surface area contributed by atoms with Crippen LogP contribution in [0.3, 0.4) is 0 Å². The summed E-state index contributed by atoms with van der Waals surface area (Å²) in [7, 11) is 1.66. The molecule has 1 saturated heterocycles. The van der Waals surface area contributed by atoms with Crippen molar-refractivity contribution in [3.63, 3.8) is 0 Å². The first-order chi connectivity index (χ1) is 9.78. The third-order valence-corrected chi connectivity index (χ3v) is 3.42. The number of amides is 2. The molecule has 1 aliphatic heterocycles. The van der Waals surface area contributed by atoms with Gasteiger partial charge in [-0.05, 0) is 35.4 Å². The minimum atomic E-state index is -0.0345. The van der Waals surface area contributed by atoms with Gasteiger partial charge in [0.05, 0.1) is 7.11 Å². The van der Waals surface area contributed by atoms with Crippen molar-refractivity contribution < 1.29 is 9.53 Å². The third-order valence-electron chi connectivity index (χ3n) is 3.42. The topological polar surface area (TPSA) is 41.6 Å². The minimum absolute atomic E-state index is 0.0345. The Morgan fingerprint density at radius 1 is 1.10 bits per heavy atom. The average molecular weight is 268 g/mol. The van der Waals surface area contributed by atoms with Gasteiger partial charge < -0.3 is 10.1 Å². The highest BCUT2D eigenvalue weighted by atomic mass is 16.5. The lowest BCUT2D eigenvalue weighted by Gasteiger charge is -2.15. The molecule has 20 heavy (non-hydrogen) atoms. The molecule has 0 unspecified atom stereocenters. The number of urea groups is 1. The second-order valence-electron chi connectivity index (χ2n) is 4.67. The van der Waals surface area contributed by atoms with Crippen LogP contribution in [0.25, 0.3) is 11.1 Å². The molecule has 1 heterocycles. The van der Waals surface area contributed by atoms with Crippen molar-refractivity contribution in [1.29, 1.82) is 0 Å². The van der Waals surface area contributed by atoms with Crippen LogP contribution in [0.1, 0.15) is 0 Å². The molecule has 2 aromatic rings. The van der Waals surface area contributed by atoms with Crippen LogP contribution >= 0.6 is 0 Å². The van der Waals surface area contributed by atoms with Crippen molar-refractivity contribution >= 4 is 11.7 Å². The highest BCUT2D eigenvalue weighted by Gasteiger charge is 2.21. The molecule has 4 heteroatoms. The van der Waals surface area contributed by atoms with Gasteiger partial charge in [-0.25, -0.2) is 4.79 Å². The van der Waals surface area contributed by atoms with Crippen molar-refractivity contribution in [2.24, 2.45) is 0 Å². The summed E-state index contributed by atoms with van der Waals surface area (Å²) >= 11 is 0. The van der Waals surface area contributed by atoms with Crippen LogP contribution in [0.15, 0.2) is 48.5 Å². The minimum Gasteiger partial charge on any atom is -0.497 e. The zero-order valence-electron chi connectivity index (χ0n) is 11.3. The number of carbonyl (C=O) groups is 1. The quantitative estimate of drug-likeness (QED) is 0.930. The maximum atomic E-state index is 11.7.